The van der Waals surface area contributed by atoms with E-state index in [1.165, 1.54) is 19.2 Å². The molecule has 0 unspecified atom stereocenters. The smallest absolute Gasteiger partial charge is 0.497 e. The molecule has 0 atom stereocenters. The van der Waals surface area contributed by atoms with Crippen LogP contribution >= 0.6 is 0 Å². The summed E-state index contributed by atoms with van der Waals surface area (Å²) < 4.78 is 67.6. The van der Waals surface area contributed by atoms with Gasteiger partial charge in [0.2, 0.25) is 0 Å². The highest BCUT2D eigenvalue weighted by Gasteiger charge is 2.49. The molecule has 0 aliphatic carbocycles. The van der Waals surface area contributed by atoms with Crippen molar-refractivity contribution in [3.05, 3.63) is 28.6 Å². The molecule has 0 aliphatic rings. The quantitative estimate of drug-likeness (QED) is 0.672. The Labute approximate surface area is 115 Å². The van der Waals surface area contributed by atoms with Crippen LogP contribution in [0.5, 0.6) is 11.6 Å². The van der Waals surface area contributed by atoms with Crippen LogP contribution in [0.4, 0.5) is 13.2 Å². The van der Waals surface area contributed by atoms with Crippen LogP contribution in [0.2, 0.25) is 0 Å². The number of methoxy groups -OCH3 is 1. The van der Waals surface area contributed by atoms with Gasteiger partial charge >= 0.3 is 15.6 Å². The monoisotopic (exact) mass is 324 g/mol. The first kappa shape index (κ1) is 15.1. The van der Waals surface area contributed by atoms with Gasteiger partial charge in [0.1, 0.15) is 5.75 Å². The van der Waals surface area contributed by atoms with Crippen molar-refractivity contribution in [2.24, 2.45) is 0 Å². The number of aromatic amines is 1. The summed E-state index contributed by atoms with van der Waals surface area (Å²) in [5.41, 5.74) is -6.34. The molecule has 2 rings (SSSR count). The number of nitrogens with one attached hydrogen (secondary N) is 1. The lowest BCUT2D eigenvalue weighted by atomic mass is 10.2. The molecule has 0 fully saturated rings. The zero-order chi connectivity index (χ0) is 15.8. The summed E-state index contributed by atoms with van der Waals surface area (Å²) in [6.45, 7) is 0. The van der Waals surface area contributed by atoms with Crippen molar-refractivity contribution >= 4 is 20.9 Å². The predicted molar refractivity (Wildman–Crippen MR) is 64.5 cm³/mol. The van der Waals surface area contributed by atoms with Gasteiger partial charge in [-0.15, -0.1) is 5.10 Å². The molecule has 2 aromatic rings. The Bertz CT molecular complexity index is 844. The summed E-state index contributed by atoms with van der Waals surface area (Å²) in [6.07, 6.45) is 0. The minimum absolute atomic E-state index is 0.128. The molecule has 0 radical (unpaired) electrons. The number of hydrogen-bond donors (Lipinski definition) is 1. The van der Waals surface area contributed by atoms with Gasteiger partial charge in [-0.2, -0.15) is 21.6 Å². The van der Waals surface area contributed by atoms with Crippen LogP contribution in [0.25, 0.3) is 10.8 Å². The number of H-pyrrole nitrogens is 1. The van der Waals surface area contributed by atoms with Gasteiger partial charge in [-0.25, -0.2) is 5.10 Å². The maximum absolute atomic E-state index is 12.3. The molecule has 1 N–H and O–H groups in total. The van der Waals surface area contributed by atoms with Gasteiger partial charge in [-0.1, -0.05) is 0 Å². The molecule has 0 amide bonds. The van der Waals surface area contributed by atoms with E-state index in [9.17, 15) is 26.4 Å². The third-order valence-corrected chi connectivity index (χ3v) is 3.38. The van der Waals surface area contributed by atoms with Crippen LogP contribution in [-0.2, 0) is 10.1 Å². The molecular formula is C10H7F3N2O5S. The minimum Gasteiger partial charge on any atom is -0.497 e. The summed E-state index contributed by atoms with van der Waals surface area (Å²) in [4.78, 5) is 11.6. The van der Waals surface area contributed by atoms with E-state index in [2.05, 4.69) is 9.28 Å². The molecular weight excluding hydrogens is 317 g/mol. The maximum Gasteiger partial charge on any atom is 0.534 e. The Balaban J connectivity index is 2.62. The molecule has 11 heteroatoms. The lowest BCUT2D eigenvalue weighted by molar-refractivity contribution is -0.0501. The van der Waals surface area contributed by atoms with E-state index < -0.39 is 27.1 Å². The fourth-order valence-electron chi connectivity index (χ4n) is 1.46. The first-order valence-electron chi connectivity index (χ1n) is 5.23. The third kappa shape index (κ3) is 2.77. The highest BCUT2D eigenvalue weighted by Crippen LogP contribution is 2.29. The van der Waals surface area contributed by atoms with Gasteiger partial charge in [-0.05, 0) is 18.2 Å². The SMILES string of the molecule is COc1ccc2c(OS(=O)(=O)C(F)(F)F)n[nH]c(=O)c2c1. The first-order chi connectivity index (χ1) is 9.65. The number of hydrogen-bond acceptors (Lipinski definition) is 6. The molecule has 7 nitrogen and oxygen atoms in total. The molecule has 1 heterocycles. The lowest BCUT2D eigenvalue weighted by Crippen LogP contribution is -2.29. The average Bonchev–Trinajstić information content (AvgIpc) is 2.40. The summed E-state index contributed by atoms with van der Waals surface area (Å²) in [7, 11) is -4.57. The van der Waals surface area contributed by atoms with E-state index in [-0.39, 0.29) is 16.5 Å². The Hall–Kier alpha value is -2.30. The zero-order valence-corrected chi connectivity index (χ0v) is 11.1. The van der Waals surface area contributed by atoms with Crippen molar-refractivity contribution in [1.29, 1.82) is 0 Å². The van der Waals surface area contributed by atoms with Crippen molar-refractivity contribution in [2.45, 2.75) is 5.51 Å². The summed E-state index contributed by atoms with van der Waals surface area (Å²) in [5.74, 6) is -0.631. The average molecular weight is 324 g/mol. The summed E-state index contributed by atoms with van der Waals surface area (Å²) >= 11 is 0. The number of aromatic nitrogens is 2. The Morgan fingerprint density at radius 3 is 2.48 bits per heavy atom. The van der Waals surface area contributed by atoms with E-state index in [4.69, 9.17) is 4.74 Å². The molecule has 1 aromatic carbocycles. The largest absolute Gasteiger partial charge is 0.534 e. The van der Waals surface area contributed by atoms with Crippen LogP contribution in [0.3, 0.4) is 0 Å². The fraction of sp³-hybridized carbons (Fsp3) is 0.200. The molecule has 0 spiro atoms. The van der Waals surface area contributed by atoms with Gasteiger partial charge in [-0.3, -0.25) is 4.79 Å². The normalized spacial score (nSPS) is 12.4. The lowest BCUT2D eigenvalue weighted by Gasteiger charge is -2.10. The molecule has 1 aromatic heterocycles. The Morgan fingerprint density at radius 1 is 1.24 bits per heavy atom. The number of fused-ring (bicyclic) bond motifs is 1. The van der Waals surface area contributed by atoms with Crippen molar-refractivity contribution in [2.75, 3.05) is 7.11 Å². The van der Waals surface area contributed by atoms with Crippen molar-refractivity contribution < 1.29 is 30.5 Å². The van der Waals surface area contributed by atoms with E-state index in [1.54, 1.807) is 0 Å². The summed E-state index contributed by atoms with van der Waals surface area (Å²) in [6, 6.07) is 3.69. The molecule has 0 saturated heterocycles. The highest BCUT2D eigenvalue weighted by atomic mass is 32.2. The minimum atomic E-state index is -5.89. The van der Waals surface area contributed by atoms with Crippen LogP contribution in [0.15, 0.2) is 23.0 Å². The molecule has 21 heavy (non-hydrogen) atoms. The fourth-order valence-corrected chi connectivity index (χ4v) is 1.89. The van der Waals surface area contributed by atoms with Gasteiger partial charge in [0.25, 0.3) is 11.4 Å². The van der Waals surface area contributed by atoms with Gasteiger partial charge < -0.3 is 8.92 Å². The van der Waals surface area contributed by atoms with Crippen molar-refractivity contribution in [1.82, 2.24) is 10.2 Å². The Kier molecular flexibility index (Phi) is 3.53. The standard InChI is InChI=1S/C10H7F3N2O5S/c1-19-5-2-3-6-7(4-5)8(16)14-15-9(6)20-21(17,18)10(11,12)13/h2-4H,1H3,(H,14,16). The zero-order valence-electron chi connectivity index (χ0n) is 10.3. The second-order valence-corrected chi connectivity index (χ2v) is 5.29. The first-order valence-corrected chi connectivity index (χ1v) is 6.64. The second kappa shape index (κ2) is 4.91. The predicted octanol–water partition coefficient (Wildman–Crippen LogP) is 1.16. The van der Waals surface area contributed by atoms with E-state index in [1.807, 2.05) is 5.10 Å². The number of alkyl halides is 3. The van der Waals surface area contributed by atoms with Gasteiger partial charge in [0.05, 0.1) is 17.9 Å². The van der Waals surface area contributed by atoms with Crippen molar-refractivity contribution in [3.63, 3.8) is 0 Å². The van der Waals surface area contributed by atoms with Crippen LogP contribution in [-0.4, -0.2) is 31.2 Å². The Morgan fingerprint density at radius 2 is 1.90 bits per heavy atom. The van der Waals surface area contributed by atoms with Crippen LogP contribution in [0.1, 0.15) is 0 Å². The number of nitrogens with zero attached hydrogens (tertiary/aromatic N) is 1. The van der Waals surface area contributed by atoms with Crippen LogP contribution < -0.4 is 14.5 Å². The topological polar surface area (TPSA) is 98.3 Å². The number of rotatable bonds is 3. The van der Waals surface area contributed by atoms with E-state index >= 15 is 0 Å². The third-order valence-electron chi connectivity index (χ3n) is 2.43. The summed E-state index contributed by atoms with van der Waals surface area (Å²) in [5, 5.41) is 4.70. The molecule has 0 saturated carbocycles. The van der Waals surface area contributed by atoms with Crippen molar-refractivity contribution in [3.8, 4) is 11.6 Å². The maximum atomic E-state index is 12.3. The van der Waals surface area contributed by atoms with E-state index in [0.29, 0.717) is 0 Å². The molecule has 0 bridgehead atoms. The number of ether oxygens (including phenoxy) is 1. The second-order valence-electron chi connectivity index (χ2n) is 3.75. The molecule has 0 aliphatic heterocycles. The van der Waals surface area contributed by atoms with Gasteiger partial charge in [0.15, 0.2) is 0 Å². The van der Waals surface area contributed by atoms with Crippen LogP contribution in [0, 0.1) is 0 Å². The number of benzene rings is 1. The van der Waals surface area contributed by atoms with E-state index in [0.717, 1.165) is 6.07 Å². The molecule has 114 valence electrons. The number of halogens is 3. The highest BCUT2D eigenvalue weighted by molar-refractivity contribution is 7.88. The van der Waals surface area contributed by atoms with Gasteiger partial charge in [0, 0.05) is 0 Å².